The summed E-state index contributed by atoms with van der Waals surface area (Å²) in [6.07, 6.45) is 0. The molecule has 2 rings (SSSR count). The van der Waals surface area contributed by atoms with Gasteiger partial charge in [-0.25, -0.2) is 0 Å². The zero-order valence-corrected chi connectivity index (χ0v) is 11.2. The monoisotopic (exact) mass is 338 g/mol. The molecule has 0 amide bonds. The van der Waals surface area contributed by atoms with Gasteiger partial charge < -0.3 is 4.74 Å². The molecule has 1 nitrogen and oxygen atoms in total. The smallest absolute Gasteiger partial charge is 0.128 e. The Labute approximate surface area is 105 Å². The van der Waals surface area contributed by atoms with Crippen molar-refractivity contribution < 1.29 is 4.74 Å². The van der Waals surface area contributed by atoms with Crippen molar-refractivity contribution >= 4 is 55.6 Å². The minimum atomic E-state index is 0.555. The minimum Gasteiger partial charge on any atom is -0.496 e. The van der Waals surface area contributed by atoms with Crippen molar-refractivity contribution in [3.8, 4) is 5.75 Å². The maximum Gasteiger partial charge on any atom is 0.128 e. The van der Waals surface area contributed by atoms with Gasteiger partial charge in [0.15, 0.2) is 0 Å². The summed E-state index contributed by atoms with van der Waals surface area (Å²) in [7, 11) is 1.70. The first-order valence-corrected chi connectivity index (χ1v) is 6.55. The highest BCUT2D eigenvalue weighted by atomic mass is 127. The van der Waals surface area contributed by atoms with Gasteiger partial charge in [-0.3, -0.25) is 0 Å². The molecule has 74 valence electrons. The summed E-state index contributed by atoms with van der Waals surface area (Å²) < 4.78 is 7.74. The molecule has 2 aromatic rings. The predicted molar refractivity (Wildman–Crippen MR) is 70.7 cm³/mol. The first-order chi connectivity index (χ1) is 6.77. The molecule has 1 heterocycles. The Morgan fingerprint density at radius 3 is 3.00 bits per heavy atom. The van der Waals surface area contributed by atoms with Gasteiger partial charge in [0, 0.05) is 19.5 Å². The fourth-order valence-electron chi connectivity index (χ4n) is 1.42. The maximum absolute atomic E-state index is 5.92. The van der Waals surface area contributed by atoms with E-state index in [0.717, 1.165) is 11.1 Å². The Bertz CT molecular complexity index is 466. The van der Waals surface area contributed by atoms with Crippen molar-refractivity contribution in [3.05, 3.63) is 26.6 Å². The van der Waals surface area contributed by atoms with E-state index in [1.807, 2.05) is 6.07 Å². The van der Waals surface area contributed by atoms with Crippen molar-refractivity contribution in [2.45, 2.75) is 5.88 Å². The normalized spacial score (nSPS) is 10.8. The van der Waals surface area contributed by atoms with Crippen LogP contribution in [-0.2, 0) is 5.88 Å². The third kappa shape index (κ3) is 1.61. The van der Waals surface area contributed by atoms with Crippen molar-refractivity contribution in [2.24, 2.45) is 0 Å². The van der Waals surface area contributed by atoms with Crippen LogP contribution in [0.4, 0.5) is 0 Å². The Kier molecular flexibility index (Phi) is 3.19. The van der Waals surface area contributed by atoms with Gasteiger partial charge in [0.2, 0.25) is 0 Å². The average molecular weight is 339 g/mol. The molecule has 4 heteroatoms. The Balaban J connectivity index is 2.81. The van der Waals surface area contributed by atoms with Gasteiger partial charge in [0.05, 0.1) is 7.11 Å². The number of alkyl halides is 1. The molecule has 1 aromatic heterocycles. The average Bonchev–Trinajstić information content (AvgIpc) is 2.65. The zero-order valence-electron chi connectivity index (χ0n) is 7.51. The molecule has 0 radical (unpaired) electrons. The summed E-state index contributed by atoms with van der Waals surface area (Å²) in [6, 6.07) is 4.11. The molecule has 0 N–H and O–H groups in total. The van der Waals surface area contributed by atoms with Crippen LogP contribution in [0.15, 0.2) is 17.5 Å². The molecule has 0 aliphatic carbocycles. The second-order valence-electron chi connectivity index (χ2n) is 2.84. The topological polar surface area (TPSA) is 9.23 Å². The van der Waals surface area contributed by atoms with Crippen molar-refractivity contribution in [1.82, 2.24) is 0 Å². The Morgan fingerprint density at radius 2 is 2.36 bits per heavy atom. The zero-order chi connectivity index (χ0) is 10.1. The highest BCUT2D eigenvalue weighted by molar-refractivity contribution is 14.1. The largest absolute Gasteiger partial charge is 0.496 e. The lowest BCUT2D eigenvalue weighted by Crippen LogP contribution is -1.89. The first kappa shape index (κ1) is 10.5. The molecular weight excluding hydrogens is 331 g/mol. The van der Waals surface area contributed by atoms with E-state index in [1.165, 1.54) is 13.8 Å². The number of thiophene rings is 1. The SMILES string of the molecule is COc1cc(I)c(CCl)c2sccc12. The summed E-state index contributed by atoms with van der Waals surface area (Å²) in [4.78, 5) is 0. The van der Waals surface area contributed by atoms with Crippen LogP contribution in [0.5, 0.6) is 5.75 Å². The van der Waals surface area contributed by atoms with E-state index in [9.17, 15) is 0 Å². The molecular formula is C10H8ClIOS. The summed E-state index contributed by atoms with van der Waals surface area (Å²) in [5.41, 5.74) is 1.21. The second-order valence-corrected chi connectivity index (χ2v) is 5.18. The molecule has 1 aromatic carbocycles. The summed E-state index contributed by atoms with van der Waals surface area (Å²) in [6.45, 7) is 0. The van der Waals surface area contributed by atoms with Crippen molar-refractivity contribution in [3.63, 3.8) is 0 Å². The lowest BCUT2D eigenvalue weighted by atomic mass is 10.2. The lowest BCUT2D eigenvalue weighted by Gasteiger charge is -2.07. The number of rotatable bonds is 2. The number of hydrogen-bond donors (Lipinski definition) is 0. The number of ether oxygens (including phenoxy) is 1. The van der Waals surface area contributed by atoms with Gasteiger partial charge in [-0.15, -0.1) is 22.9 Å². The fraction of sp³-hybridized carbons (Fsp3) is 0.200. The van der Waals surface area contributed by atoms with Crippen LogP contribution >= 0.6 is 45.5 Å². The predicted octanol–water partition coefficient (Wildman–Crippen LogP) is 4.25. The molecule has 0 aliphatic heterocycles. The molecule has 0 saturated heterocycles. The van der Waals surface area contributed by atoms with E-state index >= 15 is 0 Å². The number of benzene rings is 1. The minimum absolute atomic E-state index is 0.555. The van der Waals surface area contributed by atoms with Crippen LogP contribution in [0, 0.1) is 3.57 Å². The van der Waals surface area contributed by atoms with Gasteiger partial charge in [0.25, 0.3) is 0 Å². The van der Waals surface area contributed by atoms with E-state index in [1.54, 1.807) is 18.4 Å². The summed E-state index contributed by atoms with van der Waals surface area (Å²) in [5.74, 6) is 1.48. The Morgan fingerprint density at radius 1 is 1.57 bits per heavy atom. The third-order valence-corrected chi connectivity index (χ3v) is 4.31. The van der Waals surface area contributed by atoms with Crippen LogP contribution in [0.2, 0.25) is 0 Å². The van der Waals surface area contributed by atoms with Crippen LogP contribution in [0.1, 0.15) is 5.56 Å². The van der Waals surface area contributed by atoms with Crippen LogP contribution < -0.4 is 4.74 Å². The van der Waals surface area contributed by atoms with Crippen molar-refractivity contribution in [2.75, 3.05) is 7.11 Å². The van der Waals surface area contributed by atoms with E-state index in [4.69, 9.17) is 16.3 Å². The molecule has 0 aliphatic rings. The molecule has 14 heavy (non-hydrogen) atoms. The van der Waals surface area contributed by atoms with E-state index in [-0.39, 0.29) is 0 Å². The highest BCUT2D eigenvalue weighted by Gasteiger charge is 2.11. The third-order valence-electron chi connectivity index (χ3n) is 2.10. The lowest BCUT2D eigenvalue weighted by molar-refractivity contribution is 0.419. The van der Waals surface area contributed by atoms with Gasteiger partial charge in [-0.1, -0.05) is 0 Å². The van der Waals surface area contributed by atoms with Crippen molar-refractivity contribution in [1.29, 1.82) is 0 Å². The number of fused-ring (bicyclic) bond motifs is 1. The number of halogens is 2. The number of methoxy groups -OCH3 is 1. The van der Waals surface area contributed by atoms with Crippen LogP contribution in [0.3, 0.4) is 0 Å². The summed E-state index contributed by atoms with van der Waals surface area (Å²) >= 11 is 9.93. The Hall–Kier alpha value is -0.000000000000000111. The molecule has 0 bridgehead atoms. The molecule has 0 fully saturated rings. The fourth-order valence-corrected chi connectivity index (χ4v) is 3.89. The summed E-state index contributed by atoms with van der Waals surface area (Å²) in [5, 5.41) is 3.23. The number of hydrogen-bond acceptors (Lipinski definition) is 2. The molecule has 0 atom stereocenters. The second kappa shape index (κ2) is 4.24. The van der Waals surface area contributed by atoms with Gasteiger partial charge >= 0.3 is 0 Å². The van der Waals surface area contributed by atoms with E-state index in [0.29, 0.717) is 5.88 Å². The quantitative estimate of drug-likeness (QED) is 0.587. The maximum atomic E-state index is 5.92. The van der Waals surface area contributed by atoms with Gasteiger partial charge in [-0.05, 0) is 45.7 Å². The van der Waals surface area contributed by atoms with E-state index in [2.05, 4.69) is 34.0 Å². The van der Waals surface area contributed by atoms with Gasteiger partial charge in [-0.2, -0.15) is 0 Å². The van der Waals surface area contributed by atoms with Crippen LogP contribution in [0.25, 0.3) is 10.1 Å². The highest BCUT2D eigenvalue weighted by Crippen LogP contribution is 2.36. The molecule has 0 saturated carbocycles. The van der Waals surface area contributed by atoms with E-state index < -0.39 is 0 Å². The first-order valence-electron chi connectivity index (χ1n) is 4.06. The van der Waals surface area contributed by atoms with Crippen LogP contribution in [-0.4, -0.2) is 7.11 Å². The standard InChI is InChI=1S/C10H8ClIOS/c1-13-9-4-8(12)7(5-11)10-6(9)2-3-14-10/h2-4H,5H2,1H3. The van der Waals surface area contributed by atoms with Gasteiger partial charge in [0.1, 0.15) is 5.75 Å². The molecule has 0 spiro atoms. The molecule has 0 unspecified atom stereocenters.